The molecule has 0 radical (unpaired) electrons. The lowest BCUT2D eigenvalue weighted by Crippen LogP contribution is -2.29. The Kier molecular flexibility index (Phi) is 5.22. The molecule has 0 fully saturated rings. The van der Waals surface area contributed by atoms with Crippen molar-refractivity contribution in [2.24, 2.45) is 0 Å². The first-order valence-electron chi connectivity index (χ1n) is 9.39. The fourth-order valence-corrected chi connectivity index (χ4v) is 3.57. The van der Waals surface area contributed by atoms with Crippen molar-refractivity contribution in [1.82, 2.24) is 5.48 Å². The van der Waals surface area contributed by atoms with E-state index in [9.17, 15) is 9.59 Å². The van der Waals surface area contributed by atoms with E-state index in [1.807, 2.05) is 66.7 Å². The number of carbonyl (C=O) groups is 2. The van der Waals surface area contributed by atoms with Crippen LogP contribution in [-0.4, -0.2) is 23.6 Å². The van der Waals surface area contributed by atoms with Crippen LogP contribution < -0.4 is 10.4 Å². The highest BCUT2D eigenvalue weighted by Gasteiger charge is 2.28. The number of hydrogen-bond donors (Lipinski definition) is 2. The van der Waals surface area contributed by atoms with Gasteiger partial charge in [0.1, 0.15) is 0 Å². The summed E-state index contributed by atoms with van der Waals surface area (Å²) in [6, 6.07) is 24.5. The van der Waals surface area contributed by atoms with E-state index in [1.54, 1.807) is 28.6 Å². The minimum atomic E-state index is -0.563. The van der Waals surface area contributed by atoms with Gasteiger partial charge in [0.05, 0.1) is 0 Å². The molecule has 4 rings (SSSR count). The number of rotatable bonds is 4. The first-order valence-corrected chi connectivity index (χ1v) is 9.39. The summed E-state index contributed by atoms with van der Waals surface area (Å²) >= 11 is 0. The van der Waals surface area contributed by atoms with Crippen molar-refractivity contribution in [1.29, 1.82) is 0 Å². The molecule has 1 heterocycles. The summed E-state index contributed by atoms with van der Waals surface area (Å²) in [6.07, 6.45) is 2.56. The van der Waals surface area contributed by atoms with Gasteiger partial charge < -0.3 is 4.90 Å². The van der Waals surface area contributed by atoms with E-state index in [-0.39, 0.29) is 5.91 Å². The Balaban J connectivity index is 1.72. The van der Waals surface area contributed by atoms with Gasteiger partial charge in [0.25, 0.3) is 11.8 Å². The van der Waals surface area contributed by atoms with E-state index in [1.165, 1.54) is 0 Å². The van der Waals surface area contributed by atoms with Crippen molar-refractivity contribution in [3.8, 4) is 0 Å². The number of hydroxylamine groups is 1. The summed E-state index contributed by atoms with van der Waals surface area (Å²) in [5, 5.41) is 8.84. The normalized spacial score (nSPS) is 13.1. The van der Waals surface area contributed by atoms with Crippen LogP contribution in [0.1, 0.15) is 27.0 Å². The van der Waals surface area contributed by atoms with Crippen LogP contribution in [0.2, 0.25) is 0 Å². The minimum Gasteiger partial charge on any atom is -0.308 e. The van der Waals surface area contributed by atoms with Gasteiger partial charge in [-0.2, -0.15) is 0 Å². The molecule has 0 bridgehead atoms. The van der Waals surface area contributed by atoms with Gasteiger partial charge in [-0.1, -0.05) is 60.7 Å². The van der Waals surface area contributed by atoms with Gasteiger partial charge in [-0.3, -0.25) is 14.8 Å². The fraction of sp³-hybridized carbons (Fsp3) is 0.0833. The Morgan fingerprint density at radius 3 is 2.28 bits per heavy atom. The van der Waals surface area contributed by atoms with Crippen molar-refractivity contribution in [2.75, 3.05) is 11.4 Å². The van der Waals surface area contributed by atoms with Crippen molar-refractivity contribution in [3.05, 3.63) is 101 Å². The Morgan fingerprint density at radius 1 is 0.897 bits per heavy atom. The number of benzene rings is 3. The highest BCUT2D eigenvalue weighted by atomic mass is 16.5. The number of nitrogens with one attached hydrogen (secondary N) is 1. The molecule has 144 valence electrons. The van der Waals surface area contributed by atoms with Gasteiger partial charge >= 0.3 is 0 Å². The maximum Gasteiger partial charge on any atom is 0.274 e. The topological polar surface area (TPSA) is 69.6 Å². The summed E-state index contributed by atoms with van der Waals surface area (Å²) < 4.78 is 0. The molecule has 0 aliphatic carbocycles. The highest BCUT2D eigenvalue weighted by Crippen LogP contribution is 2.32. The summed E-state index contributed by atoms with van der Waals surface area (Å²) in [6.45, 7) is 0.539. The summed E-state index contributed by atoms with van der Waals surface area (Å²) in [7, 11) is 0. The number of fused-ring (bicyclic) bond motifs is 1. The van der Waals surface area contributed by atoms with Crippen LogP contribution >= 0.6 is 0 Å². The number of hydrogen-bond acceptors (Lipinski definition) is 3. The molecule has 2 N–H and O–H groups in total. The molecule has 5 nitrogen and oxygen atoms in total. The lowest BCUT2D eigenvalue weighted by molar-refractivity contribution is -0.113. The second-order valence-corrected chi connectivity index (χ2v) is 6.83. The van der Waals surface area contributed by atoms with Gasteiger partial charge in [0, 0.05) is 23.4 Å². The first-order chi connectivity index (χ1) is 14.2. The number of nitrogens with zero attached hydrogens (tertiary/aromatic N) is 1. The molecule has 5 heteroatoms. The van der Waals surface area contributed by atoms with Gasteiger partial charge in [0.2, 0.25) is 0 Å². The van der Waals surface area contributed by atoms with E-state index >= 15 is 0 Å². The third kappa shape index (κ3) is 3.81. The number of anilines is 1. The molecule has 0 spiro atoms. The van der Waals surface area contributed by atoms with Crippen LogP contribution in [-0.2, 0) is 11.2 Å². The van der Waals surface area contributed by atoms with E-state index in [2.05, 4.69) is 0 Å². The van der Waals surface area contributed by atoms with Gasteiger partial charge in [-0.05, 0) is 47.4 Å². The lowest BCUT2D eigenvalue weighted by Gasteiger charge is -2.20. The smallest absolute Gasteiger partial charge is 0.274 e. The van der Waals surface area contributed by atoms with E-state index in [0.717, 1.165) is 22.4 Å². The zero-order chi connectivity index (χ0) is 20.2. The van der Waals surface area contributed by atoms with E-state index in [4.69, 9.17) is 5.21 Å². The minimum absolute atomic E-state index is 0.0850. The van der Waals surface area contributed by atoms with Crippen LogP contribution in [0.15, 0.2) is 78.9 Å². The van der Waals surface area contributed by atoms with E-state index < -0.39 is 5.91 Å². The van der Waals surface area contributed by atoms with Gasteiger partial charge in [-0.15, -0.1) is 0 Å². The van der Waals surface area contributed by atoms with Crippen molar-refractivity contribution in [2.45, 2.75) is 6.42 Å². The SMILES string of the molecule is O=C(NO)c1ccc2c(c1)CCN2C(=O)/C(=C\c1ccccc1)c1ccccc1. The largest absolute Gasteiger partial charge is 0.308 e. The Labute approximate surface area is 168 Å². The van der Waals surface area contributed by atoms with Crippen molar-refractivity contribution < 1.29 is 14.8 Å². The average Bonchev–Trinajstić information content (AvgIpc) is 3.21. The molecule has 0 aromatic heterocycles. The van der Waals surface area contributed by atoms with Crippen molar-refractivity contribution >= 4 is 29.2 Å². The summed E-state index contributed by atoms with van der Waals surface area (Å²) in [5.74, 6) is -0.648. The molecule has 0 unspecified atom stereocenters. The predicted octanol–water partition coefficient (Wildman–Crippen LogP) is 3.94. The molecule has 0 saturated carbocycles. The molecule has 29 heavy (non-hydrogen) atoms. The van der Waals surface area contributed by atoms with Crippen LogP contribution in [0.4, 0.5) is 5.69 Å². The maximum atomic E-state index is 13.5. The molecule has 3 aromatic rings. The van der Waals surface area contributed by atoms with Crippen LogP contribution in [0, 0.1) is 0 Å². The third-order valence-electron chi connectivity index (χ3n) is 5.01. The molecule has 2 amide bonds. The molecule has 1 aliphatic rings. The molecule has 0 atom stereocenters. The second-order valence-electron chi connectivity index (χ2n) is 6.83. The molecule has 3 aromatic carbocycles. The van der Waals surface area contributed by atoms with Crippen LogP contribution in [0.3, 0.4) is 0 Å². The first kappa shape index (κ1) is 18.7. The van der Waals surface area contributed by atoms with Gasteiger partial charge in [0.15, 0.2) is 0 Å². The Morgan fingerprint density at radius 2 is 1.59 bits per heavy atom. The highest BCUT2D eigenvalue weighted by molar-refractivity contribution is 6.30. The standard InChI is InChI=1S/C24H20N2O3/c27-23(25-29)20-11-12-22-19(16-20)13-14-26(22)24(28)21(18-9-5-2-6-10-18)15-17-7-3-1-4-8-17/h1-12,15-16,29H,13-14H2,(H,25,27)/b21-15-. The molecule has 1 aliphatic heterocycles. The lowest BCUT2D eigenvalue weighted by atomic mass is 10.0. The Hall–Kier alpha value is -3.70. The van der Waals surface area contributed by atoms with Crippen LogP contribution in [0.25, 0.3) is 11.6 Å². The molecular weight excluding hydrogens is 364 g/mol. The average molecular weight is 384 g/mol. The number of amides is 2. The third-order valence-corrected chi connectivity index (χ3v) is 5.01. The zero-order valence-electron chi connectivity index (χ0n) is 15.7. The van der Waals surface area contributed by atoms with Gasteiger partial charge in [-0.25, -0.2) is 5.48 Å². The quantitative estimate of drug-likeness (QED) is 0.310. The predicted molar refractivity (Wildman–Crippen MR) is 113 cm³/mol. The molecular formula is C24H20N2O3. The summed E-state index contributed by atoms with van der Waals surface area (Å²) in [5.41, 5.74) is 6.13. The van der Waals surface area contributed by atoms with Crippen molar-refractivity contribution in [3.63, 3.8) is 0 Å². The Bertz CT molecular complexity index is 1080. The zero-order valence-corrected chi connectivity index (χ0v) is 15.7. The fourth-order valence-electron chi connectivity index (χ4n) is 3.57. The molecule has 0 saturated heterocycles. The van der Waals surface area contributed by atoms with Crippen LogP contribution in [0.5, 0.6) is 0 Å². The monoisotopic (exact) mass is 384 g/mol. The number of carbonyl (C=O) groups excluding carboxylic acids is 2. The summed E-state index contributed by atoms with van der Waals surface area (Å²) in [4.78, 5) is 26.9. The maximum absolute atomic E-state index is 13.5. The van der Waals surface area contributed by atoms with E-state index in [0.29, 0.717) is 24.1 Å². The second kappa shape index (κ2) is 8.12.